The van der Waals surface area contributed by atoms with Crippen LogP contribution in [0.2, 0.25) is 0 Å². The molecule has 0 spiro atoms. The molecule has 6 nitrogen and oxygen atoms in total. The van der Waals surface area contributed by atoms with Gasteiger partial charge < -0.3 is 29.7 Å². The number of hydrogen-bond donors (Lipinski definition) is 0. The van der Waals surface area contributed by atoms with Gasteiger partial charge in [-0.3, -0.25) is 0 Å². The number of carboxylic acid groups (broad SMARTS) is 3. The Hall–Kier alpha value is 1.90. The molecule has 0 radical (unpaired) electrons. The van der Waals surface area contributed by atoms with Crippen LogP contribution in [0.1, 0.15) is 27.6 Å². The van der Waals surface area contributed by atoms with Crippen molar-refractivity contribution in [1.82, 2.24) is 0 Å². The summed E-state index contributed by atoms with van der Waals surface area (Å²) in [5.41, 5.74) is -0.727. The molecule has 0 amide bonds. The van der Waals surface area contributed by atoms with Gasteiger partial charge in [0.25, 0.3) is 0 Å². The summed E-state index contributed by atoms with van der Waals surface area (Å²) in [4.78, 5) is 29.5. The molecule has 0 aliphatic rings. The summed E-state index contributed by atoms with van der Waals surface area (Å²) in [6, 6.07) is 5.14. The van der Waals surface area contributed by atoms with Crippen molar-refractivity contribution in [2.24, 2.45) is 0 Å². The summed E-state index contributed by atoms with van der Waals surface area (Å²) < 4.78 is 0. The van der Waals surface area contributed by atoms with Crippen LogP contribution in [0.25, 0.3) is 0 Å². The van der Waals surface area contributed by atoms with Crippen molar-refractivity contribution in [3.05, 3.63) is 35.4 Å². The van der Waals surface area contributed by atoms with Gasteiger partial charge in [-0.05, 0) is 6.92 Å². The van der Waals surface area contributed by atoms with E-state index in [-0.39, 0.29) is 143 Å². The van der Waals surface area contributed by atoms with Crippen molar-refractivity contribution >= 4 is 17.9 Å². The molecule has 1 aromatic rings. The molecule has 0 saturated heterocycles. The zero-order chi connectivity index (χ0) is 12.7. The Kier molecular flexibility index (Phi) is 24.8. The monoisotopic (exact) mass is 324 g/mol. The van der Waals surface area contributed by atoms with Crippen LogP contribution in [0, 0.1) is 0 Å². The van der Waals surface area contributed by atoms with Crippen LogP contribution >= 0.6 is 0 Å². The number of carbonyl (C=O) groups excluding carboxylic acids is 3. The fourth-order valence-electron chi connectivity index (χ4n) is 0.839. The predicted octanol–water partition coefficient (Wildman–Crippen LogP) is -11.8. The molecule has 0 aliphatic carbocycles. The number of aromatic carboxylic acids is 2. The first-order valence-corrected chi connectivity index (χ1v) is 4.05. The van der Waals surface area contributed by atoms with Crippen molar-refractivity contribution < 1.29 is 162 Å². The van der Waals surface area contributed by atoms with Crippen LogP contribution in [0.5, 0.6) is 0 Å². The Morgan fingerprint density at radius 2 is 1.05 bits per heavy atom. The van der Waals surface area contributed by atoms with Crippen molar-refractivity contribution in [1.29, 1.82) is 0 Å². The van der Waals surface area contributed by atoms with Crippen LogP contribution in [0.15, 0.2) is 24.3 Å². The van der Waals surface area contributed by atoms with Gasteiger partial charge in [-0.2, -0.15) is 0 Å². The van der Waals surface area contributed by atoms with Crippen LogP contribution in [0.3, 0.4) is 0 Å². The van der Waals surface area contributed by atoms with E-state index in [9.17, 15) is 19.8 Å². The van der Waals surface area contributed by atoms with E-state index >= 15 is 0 Å². The van der Waals surface area contributed by atoms with Gasteiger partial charge >= 0.3 is 132 Å². The van der Waals surface area contributed by atoms with Gasteiger partial charge in [-0.15, -0.1) is 0 Å². The Balaban J connectivity index is -0.000000144. The molecule has 0 saturated carbocycles. The molecule has 0 unspecified atom stereocenters. The summed E-state index contributed by atoms with van der Waals surface area (Å²) in [5, 5.41) is 29.5. The van der Waals surface area contributed by atoms with E-state index in [0.717, 1.165) is 19.1 Å². The standard InChI is InChI=1S/C8H6O4.C2H4O2.2K.Na/c9-7(10)5-3-1-2-4-6(5)8(11)12;1-2(3)4;;;/h1-4H,(H,9,10)(H,11,12);1H3,(H,3,4);;;/q;;3*+1/p-3. The van der Waals surface area contributed by atoms with Gasteiger partial charge in [0, 0.05) is 17.1 Å². The second-order valence-electron chi connectivity index (χ2n) is 2.61. The number of hydrogen-bond acceptors (Lipinski definition) is 6. The van der Waals surface area contributed by atoms with E-state index in [1.165, 1.54) is 12.1 Å². The zero-order valence-electron chi connectivity index (χ0n) is 11.3. The second-order valence-corrected chi connectivity index (χ2v) is 2.61. The first-order valence-electron chi connectivity index (χ1n) is 4.05. The van der Waals surface area contributed by atoms with Crippen molar-refractivity contribution in [2.45, 2.75) is 6.92 Å². The van der Waals surface area contributed by atoms with Crippen molar-refractivity contribution in [3.63, 3.8) is 0 Å². The molecule has 0 aliphatic heterocycles. The molecule has 0 bridgehead atoms. The van der Waals surface area contributed by atoms with Gasteiger partial charge in [0.1, 0.15) is 0 Å². The van der Waals surface area contributed by atoms with E-state index in [2.05, 4.69) is 0 Å². The topological polar surface area (TPSA) is 120 Å². The first kappa shape index (κ1) is 29.0. The van der Waals surface area contributed by atoms with Gasteiger partial charge in [0.05, 0.1) is 11.9 Å². The Morgan fingerprint density at radius 1 is 0.842 bits per heavy atom. The molecule has 19 heavy (non-hydrogen) atoms. The third-order valence-electron chi connectivity index (χ3n) is 1.37. The van der Waals surface area contributed by atoms with E-state index in [1.54, 1.807) is 0 Å². The molecule has 0 N–H and O–H groups in total. The number of rotatable bonds is 2. The summed E-state index contributed by atoms with van der Waals surface area (Å²) in [5.74, 6) is -4.12. The summed E-state index contributed by atoms with van der Waals surface area (Å²) in [7, 11) is 0. The smallest absolute Gasteiger partial charge is 0.550 e. The van der Waals surface area contributed by atoms with Crippen LogP contribution in [0.4, 0.5) is 0 Å². The molecule has 1 rings (SSSR count). The molecular weight excluding hydrogens is 317 g/mol. The van der Waals surface area contributed by atoms with E-state index in [4.69, 9.17) is 9.90 Å². The predicted molar refractivity (Wildman–Crippen MR) is 45.8 cm³/mol. The minimum Gasteiger partial charge on any atom is -0.550 e. The summed E-state index contributed by atoms with van der Waals surface area (Å²) >= 11 is 0. The van der Waals surface area contributed by atoms with E-state index < -0.39 is 17.9 Å². The first-order chi connectivity index (χ1) is 7.36. The summed E-state index contributed by atoms with van der Waals surface area (Å²) in [6.45, 7) is 0.972. The zero-order valence-corrected chi connectivity index (χ0v) is 19.5. The van der Waals surface area contributed by atoms with Gasteiger partial charge in [0.2, 0.25) is 0 Å². The van der Waals surface area contributed by atoms with Gasteiger partial charge in [-0.25, -0.2) is 0 Å². The van der Waals surface area contributed by atoms with Crippen LogP contribution in [-0.2, 0) is 4.79 Å². The SMILES string of the molecule is CC(=O)[O-].O=C([O-])c1ccccc1C(=O)[O-].[K+].[K+].[Na+]. The maximum absolute atomic E-state index is 10.3. The Labute approximate surface area is 217 Å². The second kappa shape index (κ2) is 16.3. The van der Waals surface area contributed by atoms with Gasteiger partial charge in [0.15, 0.2) is 0 Å². The molecule has 0 atom stereocenters. The largest absolute Gasteiger partial charge is 1.00 e. The summed E-state index contributed by atoms with van der Waals surface area (Å²) in [6.07, 6.45) is 0. The molecule has 0 aromatic heterocycles. The quantitative estimate of drug-likeness (QED) is 0.498. The number of aliphatic carboxylic acids is 1. The molecular formula is C10H7K2NaO6. The molecule has 1 aromatic carbocycles. The number of carboxylic acids is 3. The average molecular weight is 324 g/mol. The number of carbonyl (C=O) groups is 3. The minimum atomic E-state index is -1.52. The van der Waals surface area contributed by atoms with E-state index in [0.29, 0.717) is 0 Å². The molecule has 86 valence electrons. The van der Waals surface area contributed by atoms with Crippen LogP contribution in [-0.4, -0.2) is 17.9 Å². The van der Waals surface area contributed by atoms with Gasteiger partial charge in [-0.1, -0.05) is 24.3 Å². The maximum atomic E-state index is 10.3. The maximum Gasteiger partial charge on any atom is 1.00 e. The fraction of sp³-hybridized carbons (Fsp3) is 0.100. The average Bonchev–Trinajstić information content (AvgIpc) is 2.16. The van der Waals surface area contributed by atoms with Crippen molar-refractivity contribution in [2.75, 3.05) is 0 Å². The molecule has 0 heterocycles. The van der Waals surface area contributed by atoms with E-state index in [1.807, 2.05) is 0 Å². The Bertz CT molecular complexity index is 387. The third-order valence-corrected chi connectivity index (χ3v) is 1.37. The number of benzene rings is 1. The molecule has 0 fully saturated rings. The van der Waals surface area contributed by atoms with Crippen molar-refractivity contribution in [3.8, 4) is 0 Å². The fourth-order valence-corrected chi connectivity index (χ4v) is 0.839. The molecule has 9 heteroatoms. The Morgan fingerprint density at radius 3 is 1.21 bits per heavy atom. The normalized spacial score (nSPS) is 7.21. The third kappa shape index (κ3) is 14.6. The minimum absolute atomic E-state index is 0. The van der Waals surface area contributed by atoms with Crippen LogP contribution < -0.4 is 148 Å².